The summed E-state index contributed by atoms with van der Waals surface area (Å²) < 4.78 is 29.6. The molecule has 0 aromatic rings. The van der Waals surface area contributed by atoms with Gasteiger partial charge < -0.3 is 14.7 Å². The van der Waals surface area contributed by atoms with Crippen molar-refractivity contribution >= 4 is 22.1 Å². The first-order chi connectivity index (χ1) is 10.8. The van der Waals surface area contributed by atoms with Crippen molar-refractivity contribution in [2.75, 3.05) is 46.0 Å². The van der Waals surface area contributed by atoms with Crippen molar-refractivity contribution in [3.05, 3.63) is 0 Å². The fourth-order valence-corrected chi connectivity index (χ4v) is 3.20. The zero-order valence-electron chi connectivity index (χ0n) is 14.9. The average Bonchev–Trinajstić information content (AvgIpc) is 2.41. The number of carbonyl (C=O) groups excluding carboxylic acids is 1. The molecule has 0 spiro atoms. The SMILES string of the molecule is CN(C[C@@H](C(=O)O)N1CCN(S(C)(=O)=O)CC1)C(=O)OC(C)(C)C. The van der Waals surface area contributed by atoms with Crippen molar-refractivity contribution in [1.82, 2.24) is 14.1 Å². The van der Waals surface area contributed by atoms with E-state index in [9.17, 15) is 23.1 Å². The van der Waals surface area contributed by atoms with Crippen molar-refractivity contribution < 1.29 is 27.9 Å². The molecule has 1 aliphatic rings. The summed E-state index contributed by atoms with van der Waals surface area (Å²) in [7, 11) is -1.79. The van der Waals surface area contributed by atoms with Gasteiger partial charge in [-0.2, -0.15) is 4.31 Å². The molecule has 0 aromatic heterocycles. The van der Waals surface area contributed by atoms with Crippen LogP contribution in [0.3, 0.4) is 0 Å². The molecule has 0 radical (unpaired) electrons. The van der Waals surface area contributed by atoms with Crippen LogP contribution in [0.1, 0.15) is 20.8 Å². The standard InChI is InChI=1S/C14H27N3O6S/c1-14(2,3)23-13(20)15(4)10-11(12(18)19)16-6-8-17(9-7-16)24(5,21)22/h11H,6-10H2,1-5H3,(H,18,19)/t11-/m0/s1. The summed E-state index contributed by atoms with van der Waals surface area (Å²) in [5.41, 5.74) is -0.662. The Hall–Kier alpha value is -1.39. The van der Waals surface area contributed by atoms with Crippen LogP contribution in [0.2, 0.25) is 0 Å². The number of carboxylic acid groups (broad SMARTS) is 1. The normalized spacial score (nSPS) is 18.9. The molecule has 10 heteroatoms. The molecular weight excluding hydrogens is 338 g/mol. The molecule has 1 heterocycles. The van der Waals surface area contributed by atoms with Crippen LogP contribution in [0, 0.1) is 0 Å². The zero-order valence-corrected chi connectivity index (χ0v) is 15.7. The van der Waals surface area contributed by atoms with E-state index >= 15 is 0 Å². The van der Waals surface area contributed by atoms with E-state index < -0.39 is 33.7 Å². The molecule has 1 aliphatic heterocycles. The first-order valence-electron chi connectivity index (χ1n) is 7.67. The van der Waals surface area contributed by atoms with E-state index in [2.05, 4.69) is 0 Å². The highest BCUT2D eigenvalue weighted by Crippen LogP contribution is 2.13. The van der Waals surface area contributed by atoms with Crippen LogP contribution in [0.4, 0.5) is 4.79 Å². The number of hydrogen-bond acceptors (Lipinski definition) is 6. The molecule has 1 amide bonds. The van der Waals surface area contributed by atoms with Gasteiger partial charge in [0, 0.05) is 39.8 Å². The quantitative estimate of drug-likeness (QED) is 0.724. The smallest absolute Gasteiger partial charge is 0.410 e. The summed E-state index contributed by atoms with van der Waals surface area (Å²) in [6.07, 6.45) is 0.539. The molecule has 9 nitrogen and oxygen atoms in total. The lowest BCUT2D eigenvalue weighted by Gasteiger charge is -2.37. The third-order valence-corrected chi connectivity index (χ3v) is 4.92. The number of aliphatic carboxylic acids is 1. The fraction of sp³-hybridized carbons (Fsp3) is 0.857. The molecular formula is C14H27N3O6S. The Kier molecular flexibility index (Phi) is 6.59. The van der Waals surface area contributed by atoms with Crippen LogP contribution in [-0.2, 0) is 19.6 Å². The maximum atomic E-state index is 12.0. The van der Waals surface area contributed by atoms with Gasteiger partial charge in [0.15, 0.2) is 0 Å². The van der Waals surface area contributed by atoms with Gasteiger partial charge in [-0.05, 0) is 20.8 Å². The van der Waals surface area contributed by atoms with Crippen LogP contribution in [-0.4, -0.2) is 97.4 Å². The van der Waals surface area contributed by atoms with Crippen LogP contribution in [0.25, 0.3) is 0 Å². The van der Waals surface area contributed by atoms with Crippen molar-refractivity contribution in [2.24, 2.45) is 0 Å². The molecule has 1 saturated heterocycles. The number of likely N-dealkylation sites (N-methyl/N-ethyl adjacent to an activating group) is 1. The molecule has 1 N–H and O–H groups in total. The average molecular weight is 365 g/mol. The second-order valence-corrected chi connectivity index (χ2v) is 8.90. The lowest BCUT2D eigenvalue weighted by Crippen LogP contribution is -2.57. The lowest BCUT2D eigenvalue weighted by atomic mass is 10.2. The maximum Gasteiger partial charge on any atom is 0.410 e. The third-order valence-electron chi connectivity index (χ3n) is 3.62. The number of piperazine rings is 1. The van der Waals surface area contributed by atoms with Crippen molar-refractivity contribution in [2.45, 2.75) is 32.4 Å². The highest BCUT2D eigenvalue weighted by Gasteiger charge is 2.33. The Morgan fingerprint density at radius 1 is 1.21 bits per heavy atom. The van der Waals surface area contributed by atoms with Gasteiger partial charge in [-0.15, -0.1) is 0 Å². The summed E-state index contributed by atoms with van der Waals surface area (Å²) >= 11 is 0. The predicted molar refractivity (Wildman–Crippen MR) is 88.3 cm³/mol. The van der Waals surface area contributed by atoms with Gasteiger partial charge in [0.1, 0.15) is 11.6 Å². The summed E-state index contributed by atoms with van der Waals surface area (Å²) in [4.78, 5) is 26.5. The molecule has 0 unspecified atom stereocenters. The monoisotopic (exact) mass is 365 g/mol. The molecule has 0 aliphatic carbocycles. The Morgan fingerprint density at radius 3 is 2.08 bits per heavy atom. The largest absolute Gasteiger partial charge is 0.480 e. The minimum atomic E-state index is -3.28. The van der Waals surface area contributed by atoms with Gasteiger partial charge in [0.05, 0.1) is 6.26 Å². The van der Waals surface area contributed by atoms with E-state index in [-0.39, 0.29) is 19.6 Å². The summed E-state index contributed by atoms with van der Waals surface area (Å²) in [5.74, 6) is -1.06. The number of nitrogens with zero attached hydrogens (tertiary/aromatic N) is 3. The van der Waals surface area contributed by atoms with Gasteiger partial charge in [-0.25, -0.2) is 13.2 Å². The minimum absolute atomic E-state index is 0.0386. The minimum Gasteiger partial charge on any atom is -0.480 e. The number of amides is 1. The van der Waals surface area contributed by atoms with Crippen LogP contribution >= 0.6 is 0 Å². The van der Waals surface area contributed by atoms with Crippen molar-refractivity contribution in [1.29, 1.82) is 0 Å². The molecule has 1 atom stereocenters. The van der Waals surface area contributed by atoms with E-state index in [1.54, 1.807) is 25.7 Å². The van der Waals surface area contributed by atoms with E-state index in [1.165, 1.54) is 16.3 Å². The van der Waals surface area contributed by atoms with Gasteiger partial charge in [-0.3, -0.25) is 9.69 Å². The third kappa shape index (κ3) is 6.25. The second-order valence-electron chi connectivity index (χ2n) is 6.91. The van der Waals surface area contributed by atoms with Crippen molar-refractivity contribution in [3.63, 3.8) is 0 Å². The molecule has 1 fully saturated rings. The molecule has 0 bridgehead atoms. The molecule has 24 heavy (non-hydrogen) atoms. The number of ether oxygens (including phenoxy) is 1. The second kappa shape index (κ2) is 7.66. The van der Waals surface area contributed by atoms with Crippen LogP contribution in [0.15, 0.2) is 0 Å². The number of carboxylic acids is 1. The maximum absolute atomic E-state index is 12.0. The van der Waals surface area contributed by atoms with Crippen LogP contribution in [0.5, 0.6) is 0 Å². The van der Waals surface area contributed by atoms with E-state index in [4.69, 9.17) is 4.74 Å². The van der Waals surface area contributed by atoms with Gasteiger partial charge >= 0.3 is 12.1 Å². The van der Waals surface area contributed by atoms with Gasteiger partial charge in [0.25, 0.3) is 0 Å². The summed E-state index contributed by atoms with van der Waals surface area (Å²) in [6, 6.07) is -0.913. The van der Waals surface area contributed by atoms with Crippen molar-refractivity contribution in [3.8, 4) is 0 Å². The molecule has 0 aromatic carbocycles. The predicted octanol–water partition coefficient (Wildman–Crippen LogP) is -0.116. The first-order valence-corrected chi connectivity index (χ1v) is 9.52. The topological polar surface area (TPSA) is 107 Å². The van der Waals surface area contributed by atoms with Gasteiger partial charge in [0.2, 0.25) is 10.0 Å². The number of carbonyl (C=O) groups is 2. The summed E-state index contributed by atoms with van der Waals surface area (Å²) in [5, 5.41) is 9.46. The Morgan fingerprint density at radius 2 is 1.71 bits per heavy atom. The first kappa shape index (κ1) is 20.7. The number of hydrogen-bond donors (Lipinski definition) is 1. The van der Waals surface area contributed by atoms with E-state index in [1.807, 2.05) is 0 Å². The highest BCUT2D eigenvalue weighted by molar-refractivity contribution is 7.88. The fourth-order valence-electron chi connectivity index (χ4n) is 2.37. The summed E-state index contributed by atoms with van der Waals surface area (Å²) in [6.45, 7) is 6.23. The molecule has 140 valence electrons. The van der Waals surface area contributed by atoms with E-state index in [0.717, 1.165) is 6.26 Å². The lowest BCUT2D eigenvalue weighted by molar-refractivity contribution is -0.144. The Labute approximate surface area is 143 Å². The molecule has 0 saturated carbocycles. The Balaban J connectivity index is 2.69. The highest BCUT2D eigenvalue weighted by atomic mass is 32.2. The van der Waals surface area contributed by atoms with Gasteiger partial charge in [-0.1, -0.05) is 0 Å². The number of sulfonamides is 1. The van der Waals surface area contributed by atoms with E-state index in [0.29, 0.717) is 13.1 Å². The number of rotatable bonds is 5. The zero-order chi connectivity index (χ0) is 18.7. The molecule has 1 rings (SSSR count). The Bertz CT molecular complexity index is 564. The van der Waals surface area contributed by atoms with Crippen LogP contribution < -0.4 is 0 Å².